The van der Waals surface area contributed by atoms with Crippen LogP contribution in [0.4, 0.5) is 4.39 Å². The first kappa shape index (κ1) is 15.3. The Labute approximate surface area is 121 Å². The second kappa shape index (κ2) is 7.60. The number of benzene rings is 1. The Morgan fingerprint density at radius 3 is 2.80 bits per heavy atom. The molecule has 0 radical (unpaired) electrons. The van der Waals surface area contributed by atoms with Crippen LogP contribution < -0.4 is 10.1 Å². The molecule has 1 aliphatic heterocycles. The Morgan fingerprint density at radius 2 is 2.10 bits per heavy atom. The molecule has 2 rings (SSSR count). The fraction of sp³-hybridized carbons (Fsp3) is 0.625. The lowest BCUT2D eigenvalue weighted by atomic mass is 10.1. The van der Waals surface area contributed by atoms with Gasteiger partial charge in [-0.3, -0.25) is 0 Å². The van der Waals surface area contributed by atoms with Gasteiger partial charge in [0.1, 0.15) is 0 Å². The molecule has 1 N–H and O–H groups in total. The summed E-state index contributed by atoms with van der Waals surface area (Å²) in [7, 11) is 1.50. The van der Waals surface area contributed by atoms with Gasteiger partial charge in [0.05, 0.1) is 7.11 Å². The van der Waals surface area contributed by atoms with E-state index in [-0.39, 0.29) is 11.9 Å². The Hall–Kier alpha value is -1.13. The minimum atomic E-state index is -0.308. The lowest BCUT2D eigenvalue weighted by Gasteiger charge is -2.18. The summed E-state index contributed by atoms with van der Waals surface area (Å²) in [5.74, 6) is 0.00528. The van der Waals surface area contributed by atoms with Crippen molar-refractivity contribution in [3.8, 4) is 5.75 Å². The second-order valence-electron chi connectivity index (χ2n) is 5.47. The molecule has 112 valence electrons. The van der Waals surface area contributed by atoms with Gasteiger partial charge in [-0.2, -0.15) is 0 Å². The van der Waals surface area contributed by atoms with E-state index >= 15 is 0 Å². The van der Waals surface area contributed by atoms with Gasteiger partial charge < -0.3 is 15.0 Å². The zero-order chi connectivity index (χ0) is 14.4. The third-order valence-corrected chi connectivity index (χ3v) is 3.98. The number of nitrogens with one attached hydrogen (secondary N) is 1. The maximum absolute atomic E-state index is 13.4. The molecular weight excluding hydrogens is 255 g/mol. The number of ether oxygens (including phenoxy) is 1. The molecular formula is C16H25FN2O. The molecule has 0 bridgehead atoms. The first-order chi connectivity index (χ1) is 9.70. The molecule has 1 atom stereocenters. The van der Waals surface area contributed by atoms with Crippen LogP contribution in [0.3, 0.4) is 0 Å². The van der Waals surface area contributed by atoms with E-state index < -0.39 is 0 Å². The van der Waals surface area contributed by atoms with E-state index in [1.54, 1.807) is 6.07 Å². The van der Waals surface area contributed by atoms with Crippen LogP contribution in [0.25, 0.3) is 0 Å². The van der Waals surface area contributed by atoms with Crippen molar-refractivity contribution in [3.63, 3.8) is 0 Å². The van der Waals surface area contributed by atoms with Gasteiger partial charge in [-0.15, -0.1) is 0 Å². The summed E-state index contributed by atoms with van der Waals surface area (Å²) >= 11 is 0. The van der Waals surface area contributed by atoms with E-state index in [1.807, 2.05) is 6.07 Å². The number of nitrogens with zero attached hydrogens (tertiary/aromatic N) is 1. The quantitative estimate of drug-likeness (QED) is 0.777. The fourth-order valence-corrected chi connectivity index (χ4v) is 2.69. The van der Waals surface area contributed by atoms with Crippen molar-refractivity contribution >= 4 is 0 Å². The molecule has 0 spiro atoms. The van der Waals surface area contributed by atoms with Crippen LogP contribution in [0.15, 0.2) is 18.2 Å². The lowest BCUT2D eigenvalue weighted by Crippen LogP contribution is -2.26. The summed E-state index contributed by atoms with van der Waals surface area (Å²) in [6, 6.07) is 5.27. The monoisotopic (exact) mass is 280 g/mol. The van der Waals surface area contributed by atoms with Gasteiger partial charge in [0.2, 0.25) is 0 Å². The molecule has 0 amide bonds. The molecule has 1 heterocycles. The Kier molecular flexibility index (Phi) is 5.80. The highest BCUT2D eigenvalue weighted by molar-refractivity contribution is 5.31. The van der Waals surface area contributed by atoms with E-state index in [1.165, 1.54) is 45.7 Å². The summed E-state index contributed by atoms with van der Waals surface area (Å²) in [6.45, 7) is 6.77. The van der Waals surface area contributed by atoms with E-state index in [0.29, 0.717) is 5.75 Å². The molecule has 4 heteroatoms. The number of hydrogen-bond acceptors (Lipinski definition) is 3. The molecule has 1 aliphatic rings. The Morgan fingerprint density at radius 1 is 1.35 bits per heavy atom. The van der Waals surface area contributed by atoms with Crippen LogP contribution in [0.2, 0.25) is 0 Å². The largest absolute Gasteiger partial charge is 0.494 e. The van der Waals surface area contributed by atoms with Crippen molar-refractivity contribution in [2.24, 2.45) is 0 Å². The molecule has 0 saturated carbocycles. The SMILES string of the molecule is COc1cc(C(C)NCCCN2CCCC2)ccc1F. The molecule has 1 fully saturated rings. The molecule has 1 saturated heterocycles. The number of methoxy groups -OCH3 is 1. The van der Waals surface area contributed by atoms with Crippen LogP contribution in [-0.2, 0) is 0 Å². The van der Waals surface area contributed by atoms with E-state index in [9.17, 15) is 4.39 Å². The van der Waals surface area contributed by atoms with E-state index in [2.05, 4.69) is 17.1 Å². The number of halogens is 1. The standard InChI is InChI=1S/C16H25FN2O/c1-13(14-6-7-15(17)16(12-14)20-2)18-8-5-11-19-9-3-4-10-19/h6-7,12-13,18H,3-5,8-11H2,1-2H3. The van der Waals surface area contributed by atoms with Gasteiger partial charge in [0.15, 0.2) is 11.6 Å². The third-order valence-electron chi connectivity index (χ3n) is 3.98. The number of rotatable bonds is 7. The second-order valence-corrected chi connectivity index (χ2v) is 5.47. The van der Waals surface area contributed by atoms with Crippen molar-refractivity contribution < 1.29 is 9.13 Å². The zero-order valence-electron chi connectivity index (χ0n) is 12.5. The van der Waals surface area contributed by atoms with Crippen LogP contribution in [-0.4, -0.2) is 38.2 Å². The van der Waals surface area contributed by atoms with Crippen LogP contribution >= 0.6 is 0 Å². The molecule has 0 aromatic heterocycles. The predicted molar refractivity (Wildman–Crippen MR) is 79.7 cm³/mol. The summed E-state index contributed by atoms with van der Waals surface area (Å²) in [5, 5.41) is 3.49. The molecule has 1 aromatic rings. The van der Waals surface area contributed by atoms with Gasteiger partial charge in [-0.1, -0.05) is 6.07 Å². The smallest absolute Gasteiger partial charge is 0.165 e. The molecule has 20 heavy (non-hydrogen) atoms. The van der Waals surface area contributed by atoms with Gasteiger partial charge in [0.25, 0.3) is 0 Å². The van der Waals surface area contributed by atoms with Crippen LogP contribution in [0.5, 0.6) is 5.75 Å². The zero-order valence-corrected chi connectivity index (χ0v) is 12.5. The maximum atomic E-state index is 13.4. The van der Waals surface area contributed by atoms with E-state index in [0.717, 1.165) is 18.5 Å². The normalized spacial score (nSPS) is 17.4. The molecule has 3 nitrogen and oxygen atoms in total. The maximum Gasteiger partial charge on any atom is 0.165 e. The highest BCUT2D eigenvalue weighted by atomic mass is 19.1. The first-order valence-corrected chi connectivity index (χ1v) is 7.50. The van der Waals surface area contributed by atoms with Crippen molar-refractivity contribution in [3.05, 3.63) is 29.6 Å². The molecule has 1 unspecified atom stereocenters. The third kappa shape index (κ3) is 4.18. The van der Waals surface area contributed by atoms with Gasteiger partial charge in [-0.25, -0.2) is 4.39 Å². The molecule has 0 aliphatic carbocycles. The van der Waals surface area contributed by atoms with Crippen LogP contribution in [0, 0.1) is 5.82 Å². The molecule has 1 aromatic carbocycles. The van der Waals surface area contributed by atoms with Crippen molar-refractivity contribution in [1.29, 1.82) is 0 Å². The number of hydrogen-bond donors (Lipinski definition) is 1. The van der Waals surface area contributed by atoms with Gasteiger partial charge in [-0.05, 0) is 70.1 Å². The fourth-order valence-electron chi connectivity index (χ4n) is 2.69. The van der Waals surface area contributed by atoms with Crippen molar-refractivity contribution in [2.75, 3.05) is 33.3 Å². The first-order valence-electron chi connectivity index (χ1n) is 7.50. The average molecular weight is 280 g/mol. The minimum absolute atomic E-state index is 0.211. The Balaban J connectivity index is 1.74. The summed E-state index contributed by atoms with van der Waals surface area (Å²) in [5.41, 5.74) is 1.06. The highest BCUT2D eigenvalue weighted by Gasteiger charge is 2.11. The van der Waals surface area contributed by atoms with E-state index in [4.69, 9.17) is 4.74 Å². The average Bonchev–Trinajstić information content (AvgIpc) is 2.97. The lowest BCUT2D eigenvalue weighted by molar-refractivity contribution is 0.328. The van der Waals surface area contributed by atoms with Crippen molar-refractivity contribution in [1.82, 2.24) is 10.2 Å². The Bertz CT molecular complexity index is 419. The minimum Gasteiger partial charge on any atom is -0.494 e. The topological polar surface area (TPSA) is 24.5 Å². The van der Waals surface area contributed by atoms with Gasteiger partial charge >= 0.3 is 0 Å². The summed E-state index contributed by atoms with van der Waals surface area (Å²) in [6.07, 6.45) is 3.85. The highest BCUT2D eigenvalue weighted by Crippen LogP contribution is 2.22. The van der Waals surface area contributed by atoms with Crippen molar-refractivity contribution in [2.45, 2.75) is 32.2 Å². The van der Waals surface area contributed by atoms with Crippen LogP contribution in [0.1, 0.15) is 37.8 Å². The predicted octanol–water partition coefficient (Wildman–Crippen LogP) is 2.97. The summed E-state index contributed by atoms with van der Waals surface area (Å²) in [4.78, 5) is 2.52. The summed E-state index contributed by atoms with van der Waals surface area (Å²) < 4.78 is 18.4. The number of likely N-dealkylation sites (tertiary alicyclic amines) is 1. The van der Waals surface area contributed by atoms with Gasteiger partial charge in [0, 0.05) is 6.04 Å².